The fourth-order valence-corrected chi connectivity index (χ4v) is 21.9. The highest BCUT2D eigenvalue weighted by Crippen LogP contribution is 2.42. The maximum atomic E-state index is 12.3. The van der Waals surface area contributed by atoms with Crippen molar-refractivity contribution in [1.82, 2.24) is 102 Å². The zero-order chi connectivity index (χ0) is 92.2. The van der Waals surface area contributed by atoms with Gasteiger partial charge in [-0.25, -0.2) is 24.9 Å². The molecule has 2 aromatic carbocycles. The summed E-state index contributed by atoms with van der Waals surface area (Å²) in [5, 5.41) is 40.3. The standard InChI is InChI=1S/C16H16N4OS.C14H21N4OS.C13H16N4OS.C13H15N3OS.C13H11N3OS.C12H16N4O2.C12H16N4OS/c21-14-11-13(19-9-5-2-6-10-19)17-16-20(14)18-15(22-16)12-7-3-1-4-8-12;1-14(2,3)12-15-18-11(19)9-17(16-13(18)20-12)10-7-5-4-6-8-10;18-11-8-10(16-6-2-1-3-7-16)14-13-17(11)15-12(19-13)9-4-5-9;2*1-2-11-15-16-12(17)8-10(14-13(16)18-11)9-6-4-3-5-7-9;2*1-2-10-14-16-11(17)8-9(13-12(16)18-10)15-6-4-3-5-7-15/h1,3-4,7-8,11H,2,5-6,9-10H2;9-10H,4-8H2,1-3H3;8-9H,1-7H2;6,8H,2-5,7H2,1H3;3-8H,2H2,1H3;2*8H,2-7H2,1H3/q;+1;;;;;. The predicted octanol–water partition coefficient (Wildman–Crippen LogP) is 15.1. The largest absolute Gasteiger partial charge is 0.408 e. The molecule has 0 amide bonds. The van der Waals surface area contributed by atoms with Crippen LogP contribution in [0.25, 0.3) is 63.0 Å². The van der Waals surface area contributed by atoms with Crippen LogP contribution >= 0.6 is 68.0 Å². The first-order chi connectivity index (χ1) is 64.7. The van der Waals surface area contributed by atoms with Crippen molar-refractivity contribution in [3.05, 3.63) is 218 Å². The molecule has 0 atom stereocenters. The molecule has 2 saturated carbocycles. The van der Waals surface area contributed by atoms with Crippen molar-refractivity contribution in [3.8, 4) is 21.8 Å². The Hall–Kier alpha value is -11.7. The molecule has 696 valence electrons. The summed E-state index contributed by atoms with van der Waals surface area (Å²) in [5.74, 6) is 4.54. The van der Waals surface area contributed by atoms with Crippen molar-refractivity contribution in [1.29, 1.82) is 0 Å². The molecule has 3 aliphatic carbocycles. The van der Waals surface area contributed by atoms with Crippen molar-refractivity contribution in [2.24, 2.45) is 0 Å². The van der Waals surface area contributed by atoms with E-state index in [9.17, 15) is 33.6 Å². The van der Waals surface area contributed by atoms with E-state index in [0.717, 1.165) is 179 Å². The number of benzene rings is 2. The number of hydrogen-bond donors (Lipinski definition) is 0. The third-order valence-electron chi connectivity index (χ3n) is 24.0. The van der Waals surface area contributed by atoms with Gasteiger partial charge in [-0.2, -0.15) is 62.7 Å². The van der Waals surface area contributed by atoms with E-state index in [0.29, 0.717) is 66.4 Å². The van der Waals surface area contributed by atoms with E-state index in [2.05, 4.69) is 117 Å². The number of aromatic nitrogens is 22. The molecule has 6 fully saturated rings. The van der Waals surface area contributed by atoms with Crippen LogP contribution in [-0.2, 0) is 31.1 Å². The lowest BCUT2D eigenvalue weighted by Gasteiger charge is -2.27. The van der Waals surface area contributed by atoms with E-state index in [4.69, 9.17) is 4.42 Å². The van der Waals surface area contributed by atoms with Gasteiger partial charge in [-0.15, -0.1) is 9.61 Å². The lowest BCUT2D eigenvalue weighted by atomic mass is 9.96. The second-order valence-corrected chi connectivity index (χ2v) is 41.0. The SMILES string of the molecule is CC(C)(C)c1nn2c(=O)c[n+](C3CCCCC3)nc2s1.CCc1nn2c(=O)cc(-c3ccccc3)nc2s1.CCc1nn2c(=O)cc(C3=CCCCC3)nc2s1.CCc1nn2c(=O)cc(N3CCCCC3)nc2o1.CCc1nn2c(=O)cc(N3CCCCC3)nc2s1.O=c1cc(N2CCCCC2)nc2sc(-c3ccccc3)nn12.O=c1cc(N2CCCCC2)nc2sc(C3CC3)nn12. The number of fused-ring (bicyclic) bond motifs is 7. The molecule has 4 aliphatic heterocycles. The van der Waals surface area contributed by atoms with Crippen LogP contribution in [0.5, 0.6) is 0 Å². The summed E-state index contributed by atoms with van der Waals surface area (Å²) in [5.41, 5.74) is 3.98. The van der Waals surface area contributed by atoms with Crippen molar-refractivity contribution in [2.75, 3.05) is 72.0 Å². The molecule has 40 heteroatoms. The highest BCUT2D eigenvalue weighted by molar-refractivity contribution is 7.20. The minimum atomic E-state index is -0.177. The minimum Gasteiger partial charge on any atom is -0.408 e. The van der Waals surface area contributed by atoms with Crippen LogP contribution in [0.1, 0.15) is 245 Å². The van der Waals surface area contributed by atoms with Crippen molar-refractivity contribution in [2.45, 2.75) is 239 Å². The lowest BCUT2D eigenvalue weighted by Crippen LogP contribution is -2.47. The van der Waals surface area contributed by atoms with Gasteiger partial charge in [-0.05, 0) is 153 Å². The zero-order valence-corrected chi connectivity index (χ0v) is 81.0. The van der Waals surface area contributed by atoms with Gasteiger partial charge in [-0.3, -0.25) is 33.6 Å². The summed E-state index contributed by atoms with van der Waals surface area (Å²) < 4.78 is 17.0. The molecule has 0 spiro atoms. The van der Waals surface area contributed by atoms with Crippen molar-refractivity contribution < 1.29 is 9.10 Å². The molecule has 7 aliphatic rings. The summed E-state index contributed by atoms with van der Waals surface area (Å²) in [4.78, 5) is 125. The second kappa shape index (κ2) is 42.7. The molecular formula is C93H111N26O8S6+. The summed E-state index contributed by atoms with van der Waals surface area (Å²) >= 11 is 9.02. The van der Waals surface area contributed by atoms with Crippen LogP contribution in [0.15, 0.2) is 147 Å². The van der Waals surface area contributed by atoms with Crippen LogP contribution in [0.2, 0.25) is 0 Å². The molecule has 0 unspecified atom stereocenters. The van der Waals surface area contributed by atoms with E-state index in [-0.39, 0.29) is 44.3 Å². The van der Waals surface area contributed by atoms with Gasteiger partial charge in [0, 0.05) is 136 Å². The maximum Gasteiger partial charge on any atom is 0.340 e. The molecule has 0 radical (unpaired) electrons. The first-order valence-corrected chi connectivity index (χ1v) is 51.6. The van der Waals surface area contributed by atoms with Gasteiger partial charge in [0.1, 0.15) is 53.3 Å². The first-order valence-electron chi connectivity index (χ1n) is 46.7. The molecule has 133 heavy (non-hydrogen) atoms. The monoisotopic (exact) mass is 1910 g/mol. The van der Waals surface area contributed by atoms with Gasteiger partial charge < -0.3 is 24.0 Å². The van der Waals surface area contributed by atoms with E-state index in [1.54, 1.807) is 47.9 Å². The van der Waals surface area contributed by atoms with Crippen LogP contribution in [0.3, 0.4) is 0 Å². The molecule has 0 bridgehead atoms. The molecule has 18 heterocycles. The molecule has 0 N–H and O–H groups in total. The van der Waals surface area contributed by atoms with E-state index >= 15 is 0 Å². The van der Waals surface area contributed by atoms with Crippen LogP contribution < -0.4 is 63.2 Å². The van der Waals surface area contributed by atoms with Gasteiger partial charge in [-0.1, -0.05) is 194 Å². The fourth-order valence-electron chi connectivity index (χ4n) is 16.5. The molecule has 23 rings (SSSR count). The summed E-state index contributed by atoms with van der Waals surface area (Å²) in [6.45, 7) is 22.2. The first kappa shape index (κ1) is 93.1. The summed E-state index contributed by atoms with van der Waals surface area (Å²) in [7, 11) is 0. The number of allylic oxidation sites excluding steroid dienone is 2. The molecule has 4 saturated heterocycles. The van der Waals surface area contributed by atoms with E-state index in [1.165, 1.54) is 209 Å². The number of nitrogens with zero attached hydrogens (tertiary/aromatic N) is 26. The average Bonchev–Trinajstić information content (AvgIpc) is 1.62. The van der Waals surface area contributed by atoms with Crippen LogP contribution in [-0.4, -0.2) is 155 Å². The fraction of sp³-hybridized carbons (Fsp3) is 0.484. The molecule has 14 aromatic heterocycles. The second-order valence-electron chi connectivity index (χ2n) is 34.9. The minimum absolute atomic E-state index is 0.0475. The Morgan fingerprint density at radius 1 is 0.376 bits per heavy atom. The Morgan fingerprint density at radius 3 is 1.27 bits per heavy atom. The molecule has 16 aromatic rings. The Labute approximate surface area is 789 Å². The number of rotatable bonds is 13. The van der Waals surface area contributed by atoms with Crippen LogP contribution in [0.4, 0.5) is 23.3 Å². The Morgan fingerprint density at radius 2 is 0.797 bits per heavy atom. The Kier molecular flexibility index (Phi) is 29.9. The number of piperidine rings is 4. The summed E-state index contributed by atoms with van der Waals surface area (Å²) in [6.07, 6.45) is 34.4. The van der Waals surface area contributed by atoms with Crippen LogP contribution in [0, 0.1) is 0 Å². The highest BCUT2D eigenvalue weighted by atomic mass is 32.1. The van der Waals surface area contributed by atoms with Gasteiger partial charge in [0.15, 0.2) is 6.04 Å². The lowest BCUT2D eigenvalue weighted by molar-refractivity contribution is -0.778. The van der Waals surface area contributed by atoms with Gasteiger partial charge in [0.2, 0.25) is 30.7 Å². The quantitative estimate of drug-likeness (QED) is 0.0967. The topological polar surface area (TPSA) is 361 Å². The third-order valence-corrected chi connectivity index (χ3v) is 30.5. The van der Waals surface area contributed by atoms with Gasteiger partial charge in [0.25, 0.3) is 44.5 Å². The van der Waals surface area contributed by atoms with Gasteiger partial charge in [0.05, 0.1) is 11.4 Å². The predicted molar refractivity (Wildman–Crippen MR) is 526 cm³/mol. The number of hydrogen-bond acceptors (Lipinski definition) is 32. The Balaban J connectivity index is 0.000000108. The Bertz CT molecular complexity index is 7110. The molecule has 34 nitrogen and oxygen atoms in total. The van der Waals surface area contributed by atoms with E-state index in [1.807, 2.05) is 93.0 Å². The summed E-state index contributed by atoms with van der Waals surface area (Å²) in [6, 6.07) is 29.5. The average molecular weight is 1910 g/mol. The normalized spacial score (nSPS) is 16.2. The number of anilines is 4. The van der Waals surface area contributed by atoms with Crippen molar-refractivity contribution >= 4 is 132 Å². The van der Waals surface area contributed by atoms with Crippen molar-refractivity contribution in [3.63, 3.8) is 0 Å². The zero-order valence-electron chi connectivity index (χ0n) is 76.1. The molecular weight excluding hydrogens is 1800 g/mol. The highest BCUT2D eigenvalue weighted by Gasteiger charge is 2.31. The third kappa shape index (κ3) is 22.5. The van der Waals surface area contributed by atoms with E-state index < -0.39 is 0 Å². The number of aryl methyl sites for hydroxylation is 4. The van der Waals surface area contributed by atoms with Gasteiger partial charge >= 0.3 is 11.4 Å². The maximum absolute atomic E-state index is 12.3. The smallest absolute Gasteiger partial charge is 0.340 e.